The molecule has 0 radical (unpaired) electrons. The van der Waals surface area contributed by atoms with Crippen LogP contribution < -0.4 is 4.74 Å². The molecular formula is C21H24N2O5. The predicted octanol–water partition coefficient (Wildman–Crippen LogP) is 3.52. The van der Waals surface area contributed by atoms with E-state index in [1.165, 1.54) is 0 Å². The fourth-order valence-electron chi connectivity index (χ4n) is 3.10. The summed E-state index contributed by atoms with van der Waals surface area (Å²) in [4.78, 5) is 29.1. The number of hydrogen-bond donors (Lipinski definition) is 1. The largest absolute Gasteiger partial charge is 0.477 e. The molecule has 2 heterocycles. The number of nitrogens with zero attached hydrogens (tertiary/aromatic N) is 2. The van der Waals surface area contributed by atoms with Crippen LogP contribution in [-0.2, 0) is 11.3 Å². The maximum absolute atomic E-state index is 12.2. The smallest absolute Gasteiger partial charge is 0.410 e. The molecule has 1 amide bonds. The number of carbonyl (C=O) groups excluding carboxylic acids is 1. The van der Waals surface area contributed by atoms with Gasteiger partial charge < -0.3 is 19.5 Å². The van der Waals surface area contributed by atoms with Crippen LogP contribution in [0.1, 0.15) is 34.5 Å². The molecule has 28 heavy (non-hydrogen) atoms. The Hall–Kier alpha value is -3.09. The van der Waals surface area contributed by atoms with Gasteiger partial charge in [0.1, 0.15) is 6.61 Å². The number of rotatable bonds is 6. The quantitative estimate of drug-likeness (QED) is 0.820. The topological polar surface area (TPSA) is 89.0 Å². The van der Waals surface area contributed by atoms with Crippen LogP contribution in [0.3, 0.4) is 0 Å². The highest BCUT2D eigenvalue weighted by atomic mass is 16.6. The molecule has 2 aromatic rings. The summed E-state index contributed by atoms with van der Waals surface area (Å²) in [5.74, 6) is -0.465. The van der Waals surface area contributed by atoms with Gasteiger partial charge in [-0.25, -0.2) is 14.6 Å². The third-order valence-corrected chi connectivity index (χ3v) is 4.82. The molecular weight excluding hydrogens is 360 g/mol. The van der Waals surface area contributed by atoms with Crippen molar-refractivity contribution in [1.29, 1.82) is 0 Å². The number of aromatic nitrogens is 1. The van der Waals surface area contributed by atoms with Gasteiger partial charge in [0.25, 0.3) is 0 Å². The summed E-state index contributed by atoms with van der Waals surface area (Å²) >= 11 is 0. The zero-order chi connectivity index (χ0) is 19.9. The van der Waals surface area contributed by atoms with Gasteiger partial charge in [0.2, 0.25) is 5.88 Å². The number of carbonyl (C=O) groups is 2. The van der Waals surface area contributed by atoms with Crippen molar-refractivity contribution in [2.45, 2.75) is 26.4 Å². The van der Waals surface area contributed by atoms with E-state index in [2.05, 4.69) is 4.98 Å². The first-order valence-corrected chi connectivity index (χ1v) is 9.32. The molecule has 0 aliphatic carbocycles. The first-order chi connectivity index (χ1) is 13.5. The first kappa shape index (κ1) is 19.7. The minimum atomic E-state index is -1.06. The molecule has 1 fully saturated rings. The third-order valence-electron chi connectivity index (χ3n) is 4.82. The number of pyridine rings is 1. The molecule has 148 valence electrons. The summed E-state index contributed by atoms with van der Waals surface area (Å²) in [6.07, 6.45) is 1.31. The van der Waals surface area contributed by atoms with E-state index in [0.717, 1.165) is 18.4 Å². The average molecular weight is 384 g/mol. The molecule has 1 saturated heterocycles. The molecule has 0 saturated carbocycles. The standard InChI is InChI=1S/C21H24N2O5/c1-15-7-8-18(22-19(15)20(24)25)27-13-17-9-11-23(12-10-17)21(26)28-14-16-5-3-2-4-6-16/h2-8,17H,9-14H2,1H3,(H,24,25). The van der Waals surface area contributed by atoms with E-state index in [4.69, 9.17) is 14.6 Å². The Morgan fingerprint density at radius 3 is 2.54 bits per heavy atom. The second-order valence-corrected chi connectivity index (χ2v) is 6.90. The molecule has 3 rings (SSSR count). The fourth-order valence-corrected chi connectivity index (χ4v) is 3.10. The number of ether oxygens (including phenoxy) is 2. The lowest BCUT2D eigenvalue weighted by Gasteiger charge is -2.31. The summed E-state index contributed by atoms with van der Waals surface area (Å²) in [7, 11) is 0. The molecule has 1 aliphatic heterocycles. The molecule has 7 nitrogen and oxygen atoms in total. The lowest BCUT2D eigenvalue weighted by molar-refractivity contribution is 0.0687. The Morgan fingerprint density at radius 2 is 1.86 bits per heavy atom. The van der Waals surface area contributed by atoms with Gasteiger partial charge in [0, 0.05) is 19.2 Å². The average Bonchev–Trinajstić information content (AvgIpc) is 2.72. The van der Waals surface area contributed by atoms with E-state index in [0.29, 0.717) is 31.1 Å². The number of piperidine rings is 1. The van der Waals surface area contributed by atoms with E-state index in [1.54, 1.807) is 24.0 Å². The molecule has 1 aromatic heterocycles. The molecule has 0 unspecified atom stereocenters. The molecule has 1 aliphatic rings. The Bertz CT molecular complexity index is 817. The van der Waals surface area contributed by atoms with Crippen molar-refractivity contribution in [2.24, 2.45) is 5.92 Å². The summed E-state index contributed by atoms with van der Waals surface area (Å²) in [6, 6.07) is 13.0. The number of carboxylic acid groups (broad SMARTS) is 1. The van der Waals surface area contributed by atoms with Gasteiger partial charge in [-0.05, 0) is 36.8 Å². The van der Waals surface area contributed by atoms with Gasteiger partial charge in [0.05, 0.1) is 6.61 Å². The number of benzene rings is 1. The number of amides is 1. The van der Waals surface area contributed by atoms with Crippen molar-refractivity contribution in [3.05, 3.63) is 59.3 Å². The van der Waals surface area contributed by atoms with Crippen molar-refractivity contribution in [1.82, 2.24) is 9.88 Å². The van der Waals surface area contributed by atoms with Gasteiger partial charge in [-0.1, -0.05) is 36.4 Å². The van der Waals surface area contributed by atoms with Crippen molar-refractivity contribution >= 4 is 12.1 Å². The lowest BCUT2D eigenvalue weighted by Crippen LogP contribution is -2.40. The fraction of sp³-hybridized carbons (Fsp3) is 0.381. The predicted molar refractivity (Wildman–Crippen MR) is 102 cm³/mol. The van der Waals surface area contributed by atoms with Gasteiger partial charge in [-0.15, -0.1) is 0 Å². The SMILES string of the molecule is Cc1ccc(OCC2CCN(C(=O)OCc3ccccc3)CC2)nc1C(=O)O. The first-order valence-electron chi connectivity index (χ1n) is 9.32. The zero-order valence-electron chi connectivity index (χ0n) is 15.8. The molecule has 0 bridgehead atoms. The normalized spacial score (nSPS) is 14.5. The van der Waals surface area contributed by atoms with Crippen molar-refractivity contribution in [2.75, 3.05) is 19.7 Å². The van der Waals surface area contributed by atoms with Crippen LogP contribution in [0.4, 0.5) is 4.79 Å². The molecule has 0 atom stereocenters. The number of likely N-dealkylation sites (tertiary alicyclic amines) is 1. The summed E-state index contributed by atoms with van der Waals surface area (Å²) in [5, 5.41) is 9.14. The van der Waals surface area contributed by atoms with E-state index in [-0.39, 0.29) is 24.3 Å². The minimum Gasteiger partial charge on any atom is -0.477 e. The summed E-state index contributed by atoms with van der Waals surface area (Å²) < 4.78 is 11.1. The molecule has 1 N–H and O–H groups in total. The van der Waals surface area contributed by atoms with Crippen LogP contribution in [0, 0.1) is 12.8 Å². The highest BCUT2D eigenvalue weighted by molar-refractivity contribution is 5.87. The van der Waals surface area contributed by atoms with E-state index in [1.807, 2.05) is 30.3 Å². The van der Waals surface area contributed by atoms with Crippen molar-refractivity contribution in [3.63, 3.8) is 0 Å². The molecule has 7 heteroatoms. The number of hydrogen-bond acceptors (Lipinski definition) is 5. The van der Waals surface area contributed by atoms with Gasteiger partial charge in [0.15, 0.2) is 5.69 Å². The summed E-state index contributed by atoms with van der Waals surface area (Å²) in [6.45, 7) is 3.65. The molecule has 0 spiro atoms. The lowest BCUT2D eigenvalue weighted by atomic mass is 9.98. The second-order valence-electron chi connectivity index (χ2n) is 6.90. The monoisotopic (exact) mass is 384 g/mol. The van der Waals surface area contributed by atoms with E-state index >= 15 is 0 Å². The Kier molecular flexibility index (Phi) is 6.47. The van der Waals surface area contributed by atoms with Crippen molar-refractivity contribution in [3.8, 4) is 5.88 Å². The van der Waals surface area contributed by atoms with Crippen LogP contribution in [0.25, 0.3) is 0 Å². The number of aromatic carboxylic acids is 1. The van der Waals surface area contributed by atoms with Gasteiger partial charge in [-0.2, -0.15) is 0 Å². The highest BCUT2D eigenvalue weighted by Crippen LogP contribution is 2.20. The Balaban J connectivity index is 1.42. The second kappa shape index (κ2) is 9.21. The van der Waals surface area contributed by atoms with E-state index in [9.17, 15) is 9.59 Å². The van der Waals surface area contributed by atoms with Crippen LogP contribution in [0.15, 0.2) is 42.5 Å². The number of carboxylic acids is 1. The van der Waals surface area contributed by atoms with Gasteiger partial charge in [-0.3, -0.25) is 0 Å². The van der Waals surface area contributed by atoms with Crippen LogP contribution >= 0.6 is 0 Å². The summed E-state index contributed by atoms with van der Waals surface area (Å²) in [5.41, 5.74) is 1.57. The Labute approximate surface area is 163 Å². The van der Waals surface area contributed by atoms with E-state index < -0.39 is 5.97 Å². The zero-order valence-corrected chi connectivity index (χ0v) is 15.8. The number of aryl methyl sites for hydroxylation is 1. The maximum atomic E-state index is 12.2. The third kappa shape index (κ3) is 5.22. The van der Waals surface area contributed by atoms with Crippen LogP contribution in [-0.4, -0.2) is 46.7 Å². The van der Waals surface area contributed by atoms with Crippen LogP contribution in [0.5, 0.6) is 5.88 Å². The highest BCUT2D eigenvalue weighted by Gasteiger charge is 2.24. The van der Waals surface area contributed by atoms with Crippen LogP contribution in [0.2, 0.25) is 0 Å². The Morgan fingerprint density at radius 1 is 1.14 bits per heavy atom. The minimum absolute atomic E-state index is 0.00785. The molecule has 1 aromatic carbocycles. The van der Waals surface area contributed by atoms with Crippen molar-refractivity contribution < 1.29 is 24.2 Å². The van der Waals surface area contributed by atoms with Gasteiger partial charge >= 0.3 is 12.1 Å². The maximum Gasteiger partial charge on any atom is 0.410 e.